The number of sulfonamides is 2. The fourth-order valence-electron chi connectivity index (χ4n) is 3.82. The molecule has 0 radical (unpaired) electrons. The monoisotopic (exact) mass is 595 g/mol. The van der Waals surface area contributed by atoms with Crippen molar-refractivity contribution in [3.8, 4) is 11.5 Å². The highest BCUT2D eigenvalue weighted by atomic mass is 32.2. The Kier molecular flexibility index (Phi) is 8.55. The first kappa shape index (κ1) is 29.4. The van der Waals surface area contributed by atoms with E-state index >= 15 is 0 Å². The molecule has 0 unspecified atom stereocenters. The van der Waals surface area contributed by atoms with E-state index < -0.39 is 26.0 Å². The third-order valence-electron chi connectivity index (χ3n) is 6.04. The average Bonchev–Trinajstić information content (AvgIpc) is 2.94. The van der Waals surface area contributed by atoms with Crippen LogP contribution in [0.4, 0.5) is 17.1 Å². The van der Waals surface area contributed by atoms with Crippen LogP contribution in [0.5, 0.6) is 11.5 Å². The van der Waals surface area contributed by atoms with Crippen LogP contribution < -0.4 is 19.5 Å². The minimum atomic E-state index is -3.98. The van der Waals surface area contributed by atoms with Crippen LogP contribution >= 0.6 is 0 Å². The number of aryl methyl sites for hydroxylation is 2. The summed E-state index contributed by atoms with van der Waals surface area (Å²) < 4.78 is 67.3. The van der Waals surface area contributed by atoms with Crippen LogP contribution in [0.15, 0.2) is 94.7 Å². The third-order valence-corrected chi connectivity index (χ3v) is 8.81. The van der Waals surface area contributed by atoms with Gasteiger partial charge in [0.2, 0.25) is 0 Å². The van der Waals surface area contributed by atoms with E-state index in [0.29, 0.717) is 17.1 Å². The van der Waals surface area contributed by atoms with Crippen molar-refractivity contribution in [2.24, 2.45) is 0 Å². The van der Waals surface area contributed by atoms with Crippen molar-refractivity contribution in [1.29, 1.82) is 0 Å². The first-order valence-electron chi connectivity index (χ1n) is 12.3. The maximum absolute atomic E-state index is 12.9. The second-order valence-corrected chi connectivity index (χ2v) is 12.5. The summed E-state index contributed by atoms with van der Waals surface area (Å²) in [6.45, 7) is 3.71. The molecule has 4 aromatic rings. The van der Waals surface area contributed by atoms with Crippen LogP contribution in [0.2, 0.25) is 0 Å². The Hall–Kier alpha value is -4.55. The molecule has 4 aromatic carbocycles. The van der Waals surface area contributed by atoms with Gasteiger partial charge in [0.05, 0.1) is 39.5 Å². The number of rotatable bonds is 10. The minimum absolute atomic E-state index is 0.0153. The van der Waals surface area contributed by atoms with E-state index in [-0.39, 0.29) is 26.8 Å². The normalized spacial score (nSPS) is 11.4. The number of nitrogens with one attached hydrogen (secondary N) is 3. The quantitative estimate of drug-likeness (QED) is 0.204. The topological polar surface area (TPSA) is 140 Å². The number of ether oxygens (including phenoxy) is 2. The lowest BCUT2D eigenvalue weighted by molar-refractivity contribution is 0.0601. The van der Waals surface area contributed by atoms with E-state index in [1.807, 2.05) is 13.8 Å². The van der Waals surface area contributed by atoms with Gasteiger partial charge in [-0.2, -0.15) is 0 Å². The standard InChI is InChI=1S/C29H29N3O7S2/c1-19-5-11-23(12-6-19)40(34,35)31-26-15-9-21(17-25(26)29(33)38-4)39-22-10-16-27(28(18-22)30-3)32-41(36,37)24-13-7-20(2)8-14-24/h5-18,30-32H,1-4H3. The lowest BCUT2D eigenvalue weighted by Crippen LogP contribution is -2.16. The summed E-state index contributed by atoms with van der Waals surface area (Å²) >= 11 is 0. The molecular formula is C29H29N3O7S2. The molecule has 0 aliphatic heterocycles. The van der Waals surface area contributed by atoms with Crippen molar-refractivity contribution in [3.63, 3.8) is 0 Å². The van der Waals surface area contributed by atoms with E-state index in [4.69, 9.17) is 9.47 Å². The van der Waals surface area contributed by atoms with Crippen molar-refractivity contribution in [1.82, 2.24) is 0 Å². The van der Waals surface area contributed by atoms with Crippen LogP contribution in [0.1, 0.15) is 21.5 Å². The van der Waals surface area contributed by atoms with Gasteiger partial charge < -0.3 is 14.8 Å². The molecule has 0 saturated heterocycles. The molecule has 0 bridgehead atoms. The number of benzene rings is 4. The Morgan fingerprint density at radius 2 is 1.10 bits per heavy atom. The number of anilines is 3. The van der Waals surface area contributed by atoms with Crippen molar-refractivity contribution in [2.75, 3.05) is 28.9 Å². The van der Waals surface area contributed by atoms with E-state index in [9.17, 15) is 21.6 Å². The molecule has 0 aliphatic rings. The molecule has 0 saturated carbocycles. The van der Waals surface area contributed by atoms with Crippen molar-refractivity contribution >= 4 is 43.1 Å². The molecule has 0 spiro atoms. The number of carbonyl (C=O) groups excluding carboxylic acids is 1. The number of hydrogen-bond donors (Lipinski definition) is 3. The first-order valence-corrected chi connectivity index (χ1v) is 15.3. The van der Waals surface area contributed by atoms with Gasteiger partial charge in [-0.15, -0.1) is 0 Å². The molecule has 0 aliphatic carbocycles. The molecule has 4 rings (SSSR count). The van der Waals surface area contributed by atoms with Gasteiger partial charge in [0, 0.05) is 13.1 Å². The number of hydrogen-bond acceptors (Lipinski definition) is 8. The highest BCUT2D eigenvalue weighted by Crippen LogP contribution is 2.33. The Bertz CT molecular complexity index is 1790. The summed E-state index contributed by atoms with van der Waals surface area (Å²) in [6.07, 6.45) is 0. The highest BCUT2D eigenvalue weighted by Gasteiger charge is 2.21. The Morgan fingerprint density at radius 3 is 1.59 bits per heavy atom. The molecule has 12 heteroatoms. The van der Waals surface area contributed by atoms with Crippen molar-refractivity contribution in [3.05, 3.63) is 102 Å². The maximum Gasteiger partial charge on any atom is 0.340 e. The molecule has 10 nitrogen and oxygen atoms in total. The molecule has 0 aromatic heterocycles. The van der Waals surface area contributed by atoms with Crippen LogP contribution in [-0.4, -0.2) is 37.0 Å². The Balaban J connectivity index is 1.59. The fourth-order valence-corrected chi connectivity index (χ4v) is 5.98. The fraction of sp³-hybridized carbons (Fsp3) is 0.138. The number of esters is 1. The van der Waals surface area contributed by atoms with E-state index in [2.05, 4.69) is 14.8 Å². The molecule has 0 atom stereocenters. The summed E-state index contributed by atoms with van der Waals surface area (Å²) in [5.74, 6) is -0.219. The van der Waals surface area contributed by atoms with E-state index in [1.165, 1.54) is 55.6 Å². The van der Waals surface area contributed by atoms with E-state index in [0.717, 1.165) is 11.1 Å². The summed E-state index contributed by atoms with van der Waals surface area (Å²) in [5.41, 5.74) is 2.54. The molecule has 0 heterocycles. The second kappa shape index (κ2) is 11.9. The second-order valence-electron chi connectivity index (χ2n) is 9.10. The van der Waals surface area contributed by atoms with Crippen LogP contribution in [0, 0.1) is 13.8 Å². The molecule has 0 amide bonds. The largest absolute Gasteiger partial charge is 0.465 e. The average molecular weight is 596 g/mol. The highest BCUT2D eigenvalue weighted by molar-refractivity contribution is 7.93. The first-order chi connectivity index (χ1) is 19.4. The van der Waals surface area contributed by atoms with Crippen LogP contribution in [-0.2, 0) is 24.8 Å². The van der Waals surface area contributed by atoms with Crippen LogP contribution in [0.25, 0.3) is 0 Å². The lowest BCUT2D eigenvalue weighted by Gasteiger charge is -2.16. The molecule has 41 heavy (non-hydrogen) atoms. The summed E-state index contributed by atoms with van der Waals surface area (Å²) in [4.78, 5) is 12.7. The van der Waals surface area contributed by atoms with Gasteiger partial charge in [-0.3, -0.25) is 9.44 Å². The van der Waals surface area contributed by atoms with Gasteiger partial charge in [0.15, 0.2) is 0 Å². The van der Waals surface area contributed by atoms with E-state index in [1.54, 1.807) is 43.4 Å². The zero-order valence-corrected chi connectivity index (χ0v) is 24.4. The summed E-state index contributed by atoms with van der Waals surface area (Å²) in [5, 5.41) is 2.94. The third kappa shape index (κ3) is 6.97. The van der Waals surface area contributed by atoms with Gasteiger partial charge in [0.25, 0.3) is 20.0 Å². The number of methoxy groups -OCH3 is 1. The SMILES string of the molecule is CNc1cc(Oc2ccc(NS(=O)(=O)c3ccc(C)cc3)c(C(=O)OC)c2)ccc1NS(=O)(=O)c1ccc(C)cc1. The number of carbonyl (C=O) groups is 1. The van der Waals surface area contributed by atoms with Crippen molar-refractivity contribution in [2.45, 2.75) is 23.6 Å². The molecule has 0 fully saturated rings. The summed E-state index contributed by atoms with van der Waals surface area (Å²) in [7, 11) is -5.00. The maximum atomic E-state index is 12.9. The van der Waals surface area contributed by atoms with Gasteiger partial charge in [-0.25, -0.2) is 21.6 Å². The Labute approximate surface area is 239 Å². The van der Waals surface area contributed by atoms with Crippen LogP contribution in [0.3, 0.4) is 0 Å². The lowest BCUT2D eigenvalue weighted by atomic mass is 10.1. The predicted molar refractivity (Wildman–Crippen MR) is 158 cm³/mol. The van der Waals surface area contributed by atoms with Gasteiger partial charge in [-0.05, 0) is 68.4 Å². The van der Waals surface area contributed by atoms with Gasteiger partial charge >= 0.3 is 5.97 Å². The Morgan fingerprint density at radius 1 is 0.634 bits per heavy atom. The molecular weight excluding hydrogens is 566 g/mol. The smallest absolute Gasteiger partial charge is 0.340 e. The van der Waals surface area contributed by atoms with Gasteiger partial charge in [-0.1, -0.05) is 35.4 Å². The summed E-state index contributed by atoms with van der Waals surface area (Å²) in [6, 6.07) is 21.7. The zero-order valence-electron chi connectivity index (χ0n) is 22.8. The predicted octanol–water partition coefficient (Wildman–Crippen LogP) is 5.53. The zero-order chi connectivity index (χ0) is 29.8. The van der Waals surface area contributed by atoms with Crippen molar-refractivity contribution < 1.29 is 31.1 Å². The molecule has 214 valence electrons. The molecule has 3 N–H and O–H groups in total. The van der Waals surface area contributed by atoms with Gasteiger partial charge in [0.1, 0.15) is 11.5 Å². The minimum Gasteiger partial charge on any atom is -0.465 e.